The fraction of sp³-hybridized carbons (Fsp3) is 1.00. The lowest BCUT2D eigenvalue weighted by Crippen LogP contribution is -2.32. The van der Waals surface area contributed by atoms with Gasteiger partial charge in [0.25, 0.3) is 0 Å². The molecule has 0 saturated heterocycles. The van der Waals surface area contributed by atoms with E-state index >= 15 is 0 Å². The van der Waals surface area contributed by atoms with E-state index in [0.717, 1.165) is 23.8 Å². The SMILES string of the molecule is CC(CCBr)CCOC1CC(C)CC(C)(C)C1. The maximum Gasteiger partial charge on any atom is 0.0582 e. The zero-order chi connectivity index (χ0) is 12.9. The molecule has 3 atom stereocenters. The highest BCUT2D eigenvalue weighted by Gasteiger charge is 2.32. The van der Waals surface area contributed by atoms with Crippen LogP contribution < -0.4 is 0 Å². The van der Waals surface area contributed by atoms with Gasteiger partial charge in [-0.05, 0) is 49.4 Å². The van der Waals surface area contributed by atoms with Crippen molar-refractivity contribution in [2.75, 3.05) is 11.9 Å². The second-order valence-electron chi connectivity index (χ2n) is 6.78. The normalized spacial score (nSPS) is 30.2. The molecule has 1 rings (SSSR count). The Bertz CT molecular complexity index is 215. The summed E-state index contributed by atoms with van der Waals surface area (Å²) in [4.78, 5) is 0. The van der Waals surface area contributed by atoms with E-state index in [9.17, 15) is 0 Å². The van der Waals surface area contributed by atoms with Gasteiger partial charge in [-0.2, -0.15) is 0 Å². The first-order chi connectivity index (χ1) is 7.93. The molecule has 1 fully saturated rings. The molecule has 1 aliphatic carbocycles. The van der Waals surface area contributed by atoms with Gasteiger partial charge < -0.3 is 4.74 Å². The van der Waals surface area contributed by atoms with Gasteiger partial charge in [-0.3, -0.25) is 0 Å². The number of ether oxygens (including phenoxy) is 1. The molecule has 0 spiro atoms. The minimum Gasteiger partial charge on any atom is -0.378 e. The van der Waals surface area contributed by atoms with E-state index in [1.165, 1.54) is 32.1 Å². The van der Waals surface area contributed by atoms with E-state index in [4.69, 9.17) is 4.74 Å². The summed E-state index contributed by atoms with van der Waals surface area (Å²) in [6.07, 6.45) is 6.82. The first kappa shape index (κ1) is 15.5. The van der Waals surface area contributed by atoms with Gasteiger partial charge in [0.15, 0.2) is 0 Å². The summed E-state index contributed by atoms with van der Waals surface area (Å²) in [5, 5.41) is 1.11. The van der Waals surface area contributed by atoms with Crippen LogP contribution in [0.4, 0.5) is 0 Å². The molecule has 102 valence electrons. The number of halogens is 1. The van der Waals surface area contributed by atoms with Crippen molar-refractivity contribution in [2.45, 2.75) is 65.9 Å². The van der Waals surface area contributed by atoms with Crippen LogP contribution in [0.25, 0.3) is 0 Å². The Morgan fingerprint density at radius 3 is 2.59 bits per heavy atom. The predicted octanol–water partition coefficient (Wildman–Crippen LogP) is 5.03. The molecule has 0 aromatic heterocycles. The lowest BCUT2D eigenvalue weighted by molar-refractivity contribution is -0.0266. The largest absolute Gasteiger partial charge is 0.378 e. The van der Waals surface area contributed by atoms with Crippen molar-refractivity contribution in [3.05, 3.63) is 0 Å². The summed E-state index contributed by atoms with van der Waals surface area (Å²) >= 11 is 3.50. The zero-order valence-electron chi connectivity index (χ0n) is 12.0. The molecule has 0 N–H and O–H groups in total. The average Bonchev–Trinajstić information content (AvgIpc) is 2.14. The van der Waals surface area contributed by atoms with Gasteiger partial charge in [0.1, 0.15) is 0 Å². The fourth-order valence-corrected chi connectivity index (χ4v) is 3.93. The molecule has 0 aliphatic heterocycles. The molecule has 3 unspecified atom stereocenters. The standard InChI is InChI=1S/C15H29BrO/c1-12(5-7-16)6-8-17-14-9-13(2)10-15(3,4)11-14/h12-14H,5-11H2,1-4H3. The van der Waals surface area contributed by atoms with Crippen molar-refractivity contribution in [2.24, 2.45) is 17.3 Å². The van der Waals surface area contributed by atoms with Gasteiger partial charge in [-0.1, -0.05) is 43.6 Å². The summed E-state index contributed by atoms with van der Waals surface area (Å²) in [6.45, 7) is 10.4. The quantitative estimate of drug-likeness (QED) is 0.625. The van der Waals surface area contributed by atoms with E-state index in [2.05, 4.69) is 43.6 Å². The van der Waals surface area contributed by atoms with Gasteiger partial charge in [0, 0.05) is 11.9 Å². The van der Waals surface area contributed by atoms with Crippen LogP contribution in [0.1, 0.15) is 59.8 Å². The third-order valence-corrected chi connectivity index (χ3v) is 4.37. The Morgan fingerprint density at radius 1 is 1.29 bits per heavy atom. The van der Waals surface area contributed by atoms with Crippen molar-refractivity contribution in [3.63, 3.8) is 0 Å². The Morgan fingerprint density at radius 2 is 2.00 bits per heavy atom. The van der Waals surface area contributed by atoms with Crippen molar-refractivity contribution >= 4 is 15.9 Å². The highest BCUT2D eigenvalue weighted by atomic mass is 79.9. The molecule has 1 aliphatic rings. The van der Waals surface area contributed by atoms with Gasteiger partial charge in [0.05, 0.1) is 6.10 Å². The van der Waals surface area contributed by atoms with Gasteiger partial charge in [0.2, 0.25) is 0 Å². The third-order valence-electron chi connectivity index (χ3n) is 3.91. The molecule has 0 aromatic carbocycles. The summed E-state index contributed by atoms with van der Waals surface area (Å²) in [7, 11) is 0. The van der Waals surface area contributed by atoms with Crippen LogP contribution in [0.15, 0.2) is 0 Å². The molecule has 17 heavy (non-hydrogen) atoms. The molecule has 0 aromatic rings. The summed E-state index contributed by atoms with van der Waals surface area (Å²) < 4.78 is 6.09. The summed E-state index contributed by atoms with van der Waals surface area (Å²) in [5.41, 5.74) is 0.476. The second kappa shape index (κ2) is 7.13. The predicted molar refractivity (Wildman–Crippen MR) is 78.7 cm³/mol. The van der Waals surface area contributed by atoms with E-state index in [1.54, 1.807) is 0 Å². The molecule has 0 radical (unpaired) electrons. The van der Waals surface area contributed by atoms with Crippen LogP contribution in [-0.4, -0.2) is 18.0 Å². The average molecular weight is 305 g/mol. The van der Waals surface area contributed by atoms with E-state index in [0.29, 0.717) is 11.5 Å². The van der Waals surface area contributed by atoms with Crippen LogP contribution in [0.2, 0.25) is 0 Å². The highest BCUT2D eigenvalue weighted by molar-refractivity contribution is 9.09. The topological polar surface area (TPSA) is 9.23 Å². The third kappa shape index (κ3) is 6.24. The molecule has 1 saturated carbocycles. The number of alkyl halides is 1. The number of hydrogen-bond acceptors (Lipinski definition) is 1. The minimum atomic E-state index is 0.476. The lowest BCUT2D eigenvalue weighted by Gasteiger charge is -2.38. The van der Waals surface area contributed by atoms with Crippen LogP contribution in [0, 0.1) is 17.3 Å². The Hall–Kier alpha value is 0.440. The summed E-state index contributed by atoms with van der Waals surface area (Å²) in [6, 6.07) is 0. The van der Waals surface area contributed by atoms with Crippen LogP contribution in [-0.2, 0) is 4.74 Å². The number of hydrogen-bond donors (Lipinski definition) is 0. The lowest BCUT2D eigenvalue weighted by atomic mass is 9.71. The highest BCUT2D eigenvalue weighted by Crippen LogP contribution is 2.39. The first-order valence-electron chi connectivity index (χ1n) is 7.10. The first-order valence-corrected chi connectivity index (χ1v) is 8.22. The Balaban J connectivity index is 2.22. The molecular weight excluding hydrogens is 276 g/mol. The van der Waals surface area contributed by atoms with Crippen LogP contribution in [0.3, 0.4) is 0 Å². The van der Waals surface area contributed by atoms with E-state index in [1.807, 2.05) is 0 Å². The smallest absolute Gasteiger partial charge is 0.0582 e. The van der Waals surface area contributed by atoms with E-state index < -0.39 is 0 Å². The van der Waals surface area contributed by atoms with Gasteiger partial charge in [-0.25, -0.2) is 0 Å². The molecular formula is C15H29BrO. The second-order valence-corrected chi connectivity index (χ2v) is 7.57. The van der Waals surface area contributed by atoms with Crippen LogP contribution >= 0.6 is 15.9 Å². The maximum absolute atomic E-state index is 6.09. The fourth-order valence-electron chi connectivity index (χ4n) is 3.15. The van der Waals surface area contributed by atoms with Gasteiger partial charge >= 0.3 is 0 Å². The molecule has 0 bridgehead atoms. The van der Waals surface area contributed by atoms with E-state index in [-0.39, 0.29) is 0 Å². The molecule has 0 amide bonds. The number of rotatable bonds is 6. The van der Waals surface area contributed by atoms with Crippen LogP contribution in [0.5, 0.6) is 0 Å². The van der Waals surface area contributed by atoms with Gasteiger partial charge in [-0.15, -0.1) is 0 Å². The minimum absolute atomic E-state index is 0.476. The monoisotopic (exact) mass is 304 g/mol. The van der Waals surface area contributed by atoms with Crippen molar-refractivity contribution < 1.29 is 4.74 Å². The zero-order valence-corrected chi connectivity index (χ0v) is 13.6. The summed E-state index contributed by atoms with van der Waals surface area (Å²) in [5.74, 6) is 1.60. The van der Waals surface area contributed by atoms with Crippen molar-refractivity contribution in [1.82, 2.24) is 0 Å². The Kier molecular flexibility index (Phi) is 6.50. The molecule has 2 heteroatoms. The Labute approximate surface area is 116 Å². The molecule has 1 nitrogen and oxygen atoms in total. The molecule has 0 heterocycles. The maximum atomic E-state index is 6.09. The van der Waals surface area contributed by atoms with Crippen molar-refractivity contribution in [3.8, 4) is 0 Å². The van der Waals surface area contributed by atoms with Crippen molar-refractivity contribution in [1.29, 1.82) is 0 Å².